The maximum absolute atomic E-state index is 13.4. The van der Waals surface area contributed by atoms with Gasteiger partial charge in [0, 0.05) is 17.9 Å². The molecule has 23 heavy (non-hydrogen) atoms. The van der Waals surface area contributed by atoms with Crippen molar-refractivity contribution < 1.29 is 18.7 Å². The number of halogens is 2. The molecule has 0 bridgehead atoms. The number of hydrogen-bond donors (Lipinski definition) is 1. The van der Waals surface area contributed by atoms with Crippen LogP contribution in [0.1, 0.15) is 23.2 Å². The number of ketones is 1. The zero-order valence-electron chi connectivity index (χ0n) is 12.4. The molecule has 0 heterocycles. The summed E-state index contributed by atoms with van der Waals surface area (Å²) in [6.07, 6.45) is -0.0974. The van der Waals surface area contributed by atoms with Crippen molar-refractivity contribution >= 4 is 29.0 Å². The maximum Gasteiger partial charge on any atom is 0.224 e. The number of methoxy groups -OCH3 is 1. The third-order valence-corrected chi connectivity index (χ3v) is 3.42. The molecule has 2 aromatic rings. The standard InChI is InChI=1S/C17H15ClFNO3/c1-23-16-8-6-11(18)10-12(16)15(21)7-9-17(22)20-14-5-3-2-4-13(14)19/h2-6,8,10H,7,9H2,1H3,(H,20,22). The van der Waals surface area contributed by atoms with Gasteiger partial charge in [-0.05, 0) is 30.3 Å². The Morgan fingerprint density at radius 2 is 1.91 bits per heavy atom. The number of carbonyl (C=O) groups is 2. The van der Waals surface area contributed by atoms with Crippen LogP contribution in [-0.4, -0.2) is 18.8 Å². The zero-order chi connectivity index (χ0) is 16.8. The van der Waals surface area contributed by atoms with Gasteiger partial charge in [0.05, 0.1) is 18.4 Å². The molecule has 0 aliphatic rings. The summed E-state index contributed by atoms with van der Waals surface area (Å²) in [7, 11) is 1.45. The number of amides is 1. The van der Waals surface area contributed by atoms with E-state index in [1.54, 1.807) is 18.2 Å². The highest BCUT2D eigenvalue weighted by Crippen LogP contribution is 2.24. The zero-order valence-corrected chi connectivity index (χ0v) is 13.2. The van der Waals surface area contributed by atoms with Crippen LogP contribution in [0.25, 0.3) is 0 Å². The lowest BCUT2D eigenvalue weighted by Crippen LogP contribution is -2.14. The van der Waals surface area contributed by atoms with Crippen molar-refractivity contribution in [3.63, 3.8) is 0 Å². The van der Waals surface area contributed by atoms with Crippen molar-refractivity contribution in [3.8, 4) is 5.75 Å². The summed E-state index contributed by atoms with van der Waals surface area (Å²) in [6.45, 7) is 0. The molecule has 0 radical (unpaired) electrons. The third kappa shape index (κ3) is 4.53. The summed E-state index contributed by atoms with van der Waals surface area (Å²) < 4.78 is 18.6. The minimum Gasteiger partial charge on any atom is -0.496 e. The van der Waals surface area contributed by atoms with E-state index in [4.69, 9.17) is 16.3 Å². The molecule has 6 heteroatoms. The van der Waals surface area contributed by atoms with Crippen LogP contribution in [0.2, 0.25) is 5.02 Å². The molecule has 0 fully saturated rings. The number of benzene rings is 2. The quantitative estimate of drug-likeness (QED) is 0.809. The molecule has 0 spiro atoms. The molecule has 0 saturated carbocycles. The van der Waals surface area contributed by atoms with E-state index >= 15 is 0 Å². The highest BCUT2D eigenvalue weighted by molar-refractivity contribution is 6.31. The molecule has 0 saturated heterocycles. The topological polar surface area (TPSA) is 55.4 Å². The van der Waals surface area contributed by atoms with Crippen LogP contribution < -0.4 is 10.1 Å². The Morgan fingerprint density at radius 3 is 2.61 bits per heavy atom. The van der Waals surface area contributed by atoms with Crippen molar-refractivity contribution in [3.05, 3.63) is 58.9 Å². The molecule has 0 aliphatic carbocycles. The number of para-hydroxylation sites is 1. The minimum absolute atomic E-state index is 0.0308. The van der Waals surface area contributed by atoms with E-state index in [0.29, 0.717) is 16.3 Å². The summed E-state index contributed by atoms with van der Waals surface area (Å²) in [6, 6.07) is 10.5. The first-order valence-electron chi connectivity index (χ1n) is 6.92. The monoisotopic (exact) mass is 335 g/mol. The van der Waals surface area contributed by atoms with E-state index < -0.39 is 11.7 Å². The van der Waals surface area contributed by atoms with Gasteiger partial charge in [0.15, 0.2) is 5.78 Å². The van der Waals surface area contributed by atoms with Crippen LogP contribution in [0.3, 0.4) is 0 Å². The predicted molar refractivity (Wildman–Crippen MR) is 86.6 cm³/mol. The van der Waals surface area contributed by atoms with Crippen LogP contribution in [0.5, 0.6) is 5.75 Å². The summed E-state index contributed by atoms with van der Waals surface area (Å²) in [5, 5.41) is 2.84. The Kier molecular flexibility index (Phi) is 5.71. The van der Waals surface area contributed by atoms with Gasteiger partial charge in [-0.1, -0.05) is 23.7 Å². The van der Waals surface area contributed by atoms with Crippen LogP contribution in [0, 0.1) is 5.82 Å². The smallest absolute Gasteiger partial charge is 0.224 e. The molecule has 0 unspecified atom stereocenters. The average molecular weight is 336 g/mol. The molecule has 1 amide bonds. The molecular formula is C17H15ClFNO3. The Morgan fingerprint density at radius 1 is 1.17 bits per heavy atom. The van der Waals surface area contributed by atoms with Crippen LogP contribution in [0.15, 0.2) is 42.5 Å². The summed E-state index contributed by atoms with van der Waals surface area (Å²) in [5.41, 5.74) is 0.406. The number of hydrogen-bond acceptors (Lipinski definition) is 3. The lowest BCUT2D eigenvalue weighted by Gasteiger charge is -2.09. The second-order valence-electron chi connectivity index (χ2n) is 4.80. The fraction of sp³-hybridized carbons (Fsp3) is 0.176. The van der Waals surface area contributed by atoms with E-state index in [-0.39, 0.29) is 24.3 Å². The molecule has 2 rings (SSSR count). The summed E-state index contributed by atoms with van der Waals surface area (Å²) in [5.74, 6) is -0.838. The molecule has 0 atom stereocenters. The molecule has 0 aromatic heterocycles. The van der Waals surface area contributed by atoms with E-state index in [0.717, 1.165) is 0 Å². The van der Waals surface area contributed by atoms with E-state index in [1.807, 2.05) is 0 Å². The maximum atomic E-state index is 13.4. The summed E-state index contributed by atoms with van der Waals surface area (Å²) >= 11 is 5.88. The first-order chi connectivity index (χ1) is 11.0. The number of nitrogens with one attached hydrogen (secondary N) is 1. The van der Waals surface area contributed by atoms with Gasteiger partial charge in [0.2, 0.25) is 5.91 Å². The van der Waals surface area contributed by atoms with Gasteiger partial charge in [0.1, 0.15) is 11.6 Å². The number of ether oxygens (including phenoxy) is 1. The Bertz CT molecular complexity index is 734. The normalized spacial score (nSPS) is 10.2. The van der Waals surface area contributed by atoms with Crippen molar-refractivity contribution in [1.82, 2.24) is 0 Å². The van der Waals surface area contributed by atoms with Crippen LogP contribution in [-0.2, 0) is 4.79 Å². The van der Waals surface area contributed by atoms with Gasteiger partial charge in [-0.15, -0.1) is 0 Å². The second-order valence-corrected chi connectivity index (χ2v) is 5.23. The van der Waals surface area contributed by atoms with Gasteiger partial charge in [-0.2, -0.15) is 0 Å². The predicted octanol–water partition coefficient (Wildman–Crippen LogP) is 4.09. The van der Waals surface area contributed by atoms with Gasteiger partial charge >= 0.3 is 0 Å². The first kappa shape index (κ1) is 17.0. The lowest BCUT2D eigenvalue weighted by molar-refractivity contribution is -0.116. The Balaban J connectivity index is 1.98. The average Bonchev–Trinajstić information content (AvgIpc) is 2.54. The number of rotatable bonds is 6. The SMILES string of the molecule is COc1ccc(Cl)cc1C(=O)CCC(=O)Nc1ccccc1F. The third-order valence-electron chi connectivity index (χ3n) is 3.19. The van der Waals surface area contributed by atoms with Gasteiger partial charge in [-0.25, -0.2) is 4.39 Å². The minimum atomic E-state index is -0.524. The van der Waals surface area contributed by atoms with Crippen molar-refractivity contribution in [2.24, 2.45) is 0 Å². The molecule has 0 aliphatic heterocycles. The summed E-state index contributed by atoms with van der Waals surface area (Å²) in [4.78, 5) is 24.0. The number of Topliss-reactive ketones (excluding diaryl/α,β-unsaturated/α-hetero) is 1. The first-order valence-corrected chi connectivity index (χ1v) is 7.30. The molecule has 2 aromatic carbocycles. The van der Waals surface area contributed by atoms with Crippen LogP contribution in [0.4, 0.5) is 10.1 Å². The largest absolute Gasteiger partial charge is 0.496 e. The molecule has 1 N–H and O–H groups in total. The molecule has 120 valence electrons. The Labute approximate surface area is 138 Å². The fourth-order valence-corrected chi connectivity index (χ4v) is 2.21. The van der Waals surface area contributed by atoms with Crippen molar-refractivity contribution in [1.29, 1.82) is 0 Å². The number of carbonyl (C=O) groups excluding carboxylic acids is 2. The lowest BCUT2D eigenvalue weighted by atomic mass is 10.1. The molecular weight excluding hydrogens is 321 g/mol. The van der Waals surface area contributed by atoms with Gasteiger partial charge in [-0.3, -0.25) is 9.59 Å². The highest BCUT2D eigenvalue weighted by atomic mass is 35.5. The number of anilines is 1. The van der Waals surface area contributed by atoms with Crippen LogP contribution >= 0.6 is 11.6 Å². The van der Waals surface area contributed by atoms with Gasteiger partial charge in [0.25, 0.3) is 0 Å². The van der Waals surface area contributed by atoms with E-state index in [2.05, 4.69) is 5.32 Å². The van der Waals surface area contributed by atoms with E-state index in [9.17, 15) is 14.0 Å². The fourth-order valence-electron chi connectivity index (χ4n) is 2.04. The Hall–Kier alpha value is -2.40. The second kappa shape index (κ2) is 7.74. The highest BCUT2D eigenvalue weighted by Gasteiger charge is 2.15. The van der Waals surface area contributed by atoms with Crippen molar-refractivity contribution in [2.75, 3.05) is 12.4 Å². The van der Waals surface area contributed by atoms with E-state index in [1.165, 1.54) is 31.4 Å². The van der Waals surface area contributed by atoms with Gasteiger partial charge < -0.3 is 10.1 Å². The molecule has 4 nitrogen and oxygen atoms in total. The van der Waals surface area contributed by atoms with Crippen molar-refractivity contribution in [2.45, 2.75) is 12.8 Å².